The van der Waals surface area contributed by atoms with Crippen molar-refractivity contribution < 1.29 is 4.79 Å². The SMILES string of the molecule is CN1C(=O)/C(=C/c2cn(Cc3ccccc3)c3ccccc23)N(C)C1=S. The maximum atomic E-state index is 12.5. The fraction of sp³-hybridized carbons (Fsp3) is 0.143. The Morgan fingerprint density at radius 2 is 1.65 bits per heavy atom. The number of amides is 1. The average Bonchev–Trinajstić information content (AvgIpc) is 3.10. The van der Waals surface area contributed by atoms with Gasteiger partial charge in [0.25, 0.3) is 5.91 Å². The summed E-state index contributed by atoms with van der Waals surface area (Å²) in [7, 11) is 3.54. The van der Waals surface area contributed by atoms with Crippen LogP contribution in [0.1, 0.15) is 11.1 Å². The van der Waals surface area contributed by atoms with Crippen LogP contribution in [0.5, 0.6) is 0 Å². The van der Waals surface area contributed by atoms with Gasteiger partial charge in [0.15, 0.2) is 5.11 Å². The number of carbonyl (C=O) groups is 1. The normalized spacial score (nSPS) is 16.3. The summed E-state index contributed by atoms with van der Waals surface area (Å²) in [6.07, 6.45) is 4.04. The van der Waals surface area contributed by atoms with Crippen LogP contribution in [0.4, 0.5) is 0 Å². The molecule has 0 N–H and O–H groups in total. The topological polar surface area (TPSA) is 28.5 Å². The van der Waals surface area contributed by atoms with E-state index < -0.39 is 0 Å². The number of thiocarbonyl (C=S) groups is 1. The van der Waals surface area contributed by atoms with Crippen molar-refractivity contribution in [3.63, 3.8) is 0 Å². The van der Waals surface area contributed by atoms with E-state index in [1.807, 2.05) is 43.5 Å². The maximum absolute atomic E-state index is 12.5. The number of benzene rings is 2. The van der Waals surface area contributed by atoms with Crippen LogP contribution in [-0.4, -0.2) is 39.5 Å². The highest BCUT2D eigenvalue weighted by Crippen LogP contribution is 2.27. The highest BCUT2D eigenvalue weighted by Gasteiger charge is 2.32. The fourth-order valence-corrected chi connectivity index (χ4v) is 3.52. The van der Waals surface area contributed by atoms with Gasteiger partial charge in [-0.25, -0.2) is 0 Å². The molecule has 1 aliphatic heterocycles. The standard InChI is InChI=1S/C21H19N3OS/c1-22-19(20(25)23(2)21(22)26)12-16-14-24(13-15-8-4-3-5-9-15)18-11-7-6-10-17(16)18/h3-12,14H,13H2,1-2H3/b19-12-. The molecule has 130 valence electrons. The minimum atomic E-state index is -0.0719. The Labute approximate surface area is 157 Å². The van der Waals surface area contributed by atoms with E-state index in [0.29, 0.717) is 10.8 Å². The van der Waals surface area contributed by atoms with Gasteiger partial charge in [-0.3, -0.25) is 9.69 Å². The first-order valence-corrected chi connectivity index (χ1v) is 8.86. The molecule has 2 aromatic carbocycles. The van der Waals surface area contributed by atoms with Gasteiger partial charge in [-0.1, -0.05) is 48.5 Å². The van der Waals surface area contributed by atoms with Gasteiger partial charge < -0.3 is 9.47 Å². The number of aromatic nitrogens is 1. The van der Waals surface area contributed by atoms with Crippen molar-refractivity contribution in [3.05, 3.63) is 77.6 Å². The molecule has 3 aromatic rings. The molecule has 0 aliphatic carbocycles. The van der Waals surface area contributed by atoms with Gasteiger partial charge >= 0.3 is 0 Å². The lowest BCUT2D eigenvalue weighted by molar-refractivity contribution is -0.121. The Balaban J connectivity index is 1.81. The highest BCUT2D eigenvalue weighted by atomic mass is 32.1. The van der Waals surface area contributed by atoms with Crippen molar-refractivity contribution in [3.8, 4) is 0 Å². The molecule has 1 amide bonds. The molecule has 1 aliphatic rings. The largest absolute Gasteiger partial charge is 0.342 e. The smallest absolute Gasteiger partial charge is 0.276 e. The summed E-state index contributed by atoms with van der Waals surface area (Å²) < 4.78 is 2.22. The van der Waals surface area contributed by atoms with Crippen molar-refractivity contribution >= 4 is 40.2 Å². The Kier molecular flexibility index (Phi) is 4.09. The predicted octanol–water partition coefficient (Wildman–Crippen LogP) is 3.72. The van der Waals surface area contributed by atoms with Gasteiger partial charge in [0.05, 0.1) is 0 Å². The minimum Gasteiger partial charge on any atom is -0.342 e. The summed E-state index contributed by atoms with van der Waals surface area (Å²) in [6, 6.07) is 18.6. The van der Waals surface area contributed by atoms with Crippen molar-refractivity contribution in [2.45, 2.75) is 6.54 Å². The van der Waals surface area contributed by atoms with Crippen molar-refractivity contribution in [2.24, 2.45) is 0 Å². The van der Waals surface area contributed by atoms with E-state index in [4.69, 9.17) is 12.2 Å². The summed E-state index contributed by atoms with van der Waals surface area (Å²) in [4.78, 5) is 15.8. The molecule has 4 rings (SSSR count). The number of hydrogen-bond donors (Lipinski definition) is 0. The summed E-state index contributed by atoms with van der Waals surface area (Å²) in [6.45, 7) is 0.784. The number of likely N-dealkylation sites (N-methyl/N-ethyl adjacent to an activating group) is 2. The second-order valence-corrected chi connectivity index (χ2v) is 6.82. The molecule has 0 atom stereocenters. The number of hydrogen-bond acceptors (Lipinski definition) is 2. The van der Waals surface area contributed by atoms with Crippen LogP contribution >= 0.6 is 12.2 Å². The first-order valence-electron chi connectivity index (χ1n) is 8.45. The molecular weight excluding hydrogens is 342 g/mol. The quantitative estimate of drug-likeness (QED) is 0.526. The lowest BCUT2D eigenvalue weighted by atomic mass is 10.1. The summed E-state index contributed by atoms with van der Waals surface area (Å²) in [5.41, 5.74) is 4.00. The zero-order valence-electron chi connectivity index (χ0n) is 14.7. The number of nitrogens with zero attached hydrogens (tertiary/aromatic N) is 3. The van der Waals surface area contributed by atoms with Crippen LogP contribution < -0.4 is 0 Å². The zero-order chi connectivity index (χ0) is 18.3. The van der Waals surface area contributed by atoms with E-state index in [9.17, 15) is 4.79 Å². The molecule has 26 heavy (non-hydrogen) atoms. The number of fused-ring (bicyclic) bond motifs is 1. The third-order valence-electron chi connectivity index (χ3n) is 4.77. The number of para-hydroxylation sites is 1. The lowest BCUT2D eigenvalue weighted by Gasteiger charge is -2.10. The van der Waals surface area contributed by atoms with Crippen LogP contribution in [0.2, 0.25) is 0 Å². The van der Waals surface area contributed by atoms with Gasteiger partial charge in [0, 0.05) is 43.3 Å². The van der Waals surface area contributed by atoms with Crippen LogP contribution in [0, 0.1) is 0 Å². The second-order valence-electron chi connectivity index (χ2n) is 6.45. The van der Waals surface area contributed by atoms with Crippen LogP contribution in [0.25, 0.3) is 17.0 Å². The molecule has 0 saturated carbocycles. The van der Waals surface area contributed by atoms with Gasteiger partial charge in [-0.15, -0.1) is 0 Å². The maximum Gasteiger partial charge on any atom is 0.276 e. The highest BCUT2D eigenvalue weighted by molar-refractivity contribution is 7.80. The molecule has 5 heteroatoms. The molecule has 0 unspecified atom stereocenters. The number of rotatable bonds is 3. The second kappa shape index (κ2) is 6.42. The molecule has 0 spiro atoms. The average molecular weight is 361 g/mol. The van der Waals surface area contributed by atoms with Crippen LogP contribution in [0.3, 0.4) is 0 Å². The monoisotopic (exact) mass is 361 g/mol. The van der Waals surface area contributed by atoms with Crippen LogP contribution in [0.15, 0.2) is 66.5 Å². The van der Waals surface area contributed by atoms with Gasteiger partial charge in [0.1, 0.15) is 5.70 Å². The third-order valence-corrected chi connectivity index (χ3v) is 5.31. The van der Waals surface area contributed by atoms with Crippen molar-refractivity contribution in [1.29, 1.82) is 0 Å². The van der Waals surface area contributed by atoms with Gasteiger partial charge in [0.2, 0.25) is 0 Å². The molecular formula is C21H19N3OS. The minimum absolute atomic E-state index is 0.0719. The fourth-order valence-electron chi connectivity index (χ4n) is 3.34. The van der Waals surface area contributed by atoms with Crippen molar-refractivity contribution in [2.75, 3.05) is 14.1 Å². The predicted molar refractivity (Wildman–Crippen MR) is 109 cm³/mol. The van der Waals surface area contributed by atoms with E-state index in [-0.39, 0.29) is 5.91 Å². The summed E-state index contributed by atoms with van der Waals surface area (Å²) in [5.74, 6) is -0.0719. The van der Waals surface area contributed by atoms with Crippen LogP contribution in [-0.2, 0) is 11.3 Å². The summed E-state index contributed by atoms with van der Waals surface area (Å²) >= 11 is 5.31. The van der Waals surface area contributed by atoms with E-state index >= 15 is 0 Å². The molecule has 1 fully saturated rings. The Morgan fingerprint density at radius 1 is 0.962 bits per heavy atom. The summed E-state index contributed by atoms with van der Waals surface area (Å²) in [5, 5.41) is 1.65. The molecule has 4 nitrogen and oxygen atoms in total. The zero-order valence-corrected chi connectivity index (χ0v) is 15.5. The molecule has 1 aromatic heterocycles. The first-order chi connectivity index (χ1) is 12.6. The first kappa shape index (κ1) is 16.5. The molecule has 1 saturated heterocycles. The Hall–Kier alpha value is -2.92. The van der Waals surface area contributed by atoms with Crippen molar-refractivity contribution in [1.82, 2.24) is 14.4 Å². The lowest BCUT2D eigenvalue weighted by Crippen LogP contribution is -2.26. The molecule has 0 radical (unpaired) electrons. The van der Waals surface area contributed by atoms with E-state index in [0.717, 1.165) is 23.0 Å². The van der Waals surface area contributed by atoms with Gasteiger partial charge in [-0.05, 0) is 29.9 Å². The molecule has 0 bridgehead atoms. The van der Waals surface area contributed by atoms with E-state index in [2.05, 4.69) is 35.0 Å². The van der Waals surface area contributed by atoms with E-state index in [1.165, 1.54) is 10.5 Å². The van der Waals surface area contributed by atoms with Gasteiger partial charge in [-0.2, -0.15) is 0 Å². The third kappa shape index (κ3) is 2.70. The molecule has 2 heterocycles. The number of carbonyl (C=O) groups excluding carboxylic acids is 1. The Bertz CT molecular complexity index is 1040. The Morgan fingerprint density at radius 3 is 2.35 bits per heavy atom. The van der Waals surface area contributed by atoms with E-state index in [1.54, 1.807) is 11.9 Å².